The Morgan fingerprint density at radius 3 is 1.62 bits per heavy atom. The number of rotatable bonds is 19. The summed E-state index contributed by atoms with van der Waals surface area (Å²) in [7, 11) is 0. The molecule has 42 heavy (non-hydrogen) atoms. The number of aliphatic hydroxyl groups is 3. The van der Waals surface area contributed by atoms with Crippen LogP contribution in [0.3, 0.4) is 0 Å². The molecule has 1 aliphatic carbocycles. The van der Waals surface area contributed by atoms with E-state index in [0.717, 1.165) is 81.5 Å². The number of anilines is 3. The number of unbranched alkanes of at least 4 members (excludes halogenated alkanes) is 6. The second-order valence-corrected chi connectivity index (χ2v) is 10.6. The largest absolute Gasteiger partial charge is 0.505 e. The fourth-order valence-electron chi connectivity index (χ4n) is 4.97. The van der Waals surface area contributed by atoms with Crippen LogP contribution in [0.1, 0.15) is 78.1 Å². The molecule has 0 atom stereocenters. The molecule has 0 unspecified atom stereocenters. The van der Waals surface area contributed by atoms with E-state index < -0.39 is 0 Å². The SMILES string of the molecule is CCC1=C(O)C(Nc2ccc(NCCCCCCO)cc2)=C(CC)C(=Nc2ccc(NCCCCCCO)cc2)C1=O. The zero-order valence-corrected chi connectivity index (χ0v) is 25.2. The van der Waals surface area contributed by atoms with E-state index in [1.807, 2.05) is 62.4 Å². The van der Waals surface area contributed by atoms with Crippen LogP contribution in [-0.2, 0) is 4.79 Å². The lowest BCUT2D eigenvalue weighted by Crippen LogP contribution is -2.28. The van der Waals surface area contributed by atoms with Gasteiger partial charge >= 0.3 is 0 Å². The standard InChI is InChI=1S/C34H48N4O4/c1-3-29-31(37-27-17-13-25(14-18-27)35-21-9-5-7-11-23-39)33(41)30(4-2)34(42)32(29)38-28-19-15-26(16-20-28)36-22-10-6-8-12-24-40/h13-20,35-37,39-41H,3-12,21-24H2,1-2H3. The van der Waals surface area contributed by atoms with Gasteiger partial charge in [0, 0.05) is 54.5 Å². The molecule has 2 aromatic rings. The number of Topliss-reactive ketones (excluding diaryl/α,β-unsaturated/α-hetero) is 1. The van der Waals surface area contributed by atoms with Crippen LogP contribution >= 0.6 is 0 Å². The minimum atomic E-state index is -0.235. The third-order valence-electron chi connectivity index (χ3n) is 7.40. The molecule has 0 amide bonds. The Balaban J connectivity index is 1.72. The fourth-order valence-corrected chi connectivity index (χ4v) is 4.97. The van der Waals surface area contributed by atoms with Gasteiger partial charge in [-0.15, -0.1) is 0 Å². The topological polar surface area (TPSA) is 126 Å². The first-order valence-corrected chi connectivity index (χ1v) is 15.5. The number of aliphatic hydroxyl groups excluding tert-OH is 3. The van der Waals surface area contributed by atoms with E-state index in [1.54, 1.807) is 0 Å². The molecule has 0 spiro atoms. The average molecular weight is 577 g/mol. The first-order valence-electron chi connectivity index (χ1n) is 15.5. The lowest BCUT2D eigenvalue weighted by Gasteiger charge is -2.24. The maximum absolute atomic E-state index is 13.4. The van der Waals surface area contributed by atoms with Crippen molar-refractivity contribution in [3.8, 4) is 0 Å². The normalized spacial score (nSPS) is 14.6. The number of hydrogen-bond donors (Lipinski definition) is 6. The van der Waals surface area contributed by atoms with Crippen molar-refractivity contribution < 1.29 is 20.1 Å². The molecular formula is C34H48N4O4. The monoisotopic (exact) mass is 576 g/mol. The van der Waals surface area contributed by atoms with Gasteiger partial charge < -0.3 is 31.3 Å². The van der Waals surface area contributed by atoms with Crippen LogP contribution in [0.4, 0.5) is 22.7 Å². The Labute approximate surface area is 250 Å². The molecule has 0 fully saturated rings. The molecule has 0 saturated carbocycles. The van der Waals surface area contributed by atoms with Gasteiger partial charge in [-0.05, 0) is 87.1 Å². The van der Waals surface area contributed by atoms with E-state index in [0.29, 0.717) is 41.1 Å². The lowest BCUT2D eigenvalue weighted by atomic mass is 9.88. The molecule has 0 bridgehead atoms. The summed E-state index contributed by atoms with van der Waals surface area (Å²) >= 11 is 0. The van der Waals surface area contributed by atoms with Gasteiger partial charge in [0.25, 0.3) is 0 Å². The summed E-state index contributed by atoms with van der Waals surface area (Å²) in [6.07, 6.45) is 8.96. The third-order valence-corrected chi connectivity index (χ3v) is 7.40. The van der Waals surface area contributed by atoms with Crippen molar-refractivity contribution >= 4 is 34.2 Å². The second-order valence-electron chi connectivity index (χ2n) is 10.6. The molecule has 6 N–H and O–H groups in total. The van der Waals surface area contributed by atoms with Crippen molar-refractivity contribution in [2.24, 2.45) is 4.99 Å². The van der Waals surface area contributed by atoms with E-state index in [2.05, 4.69) is 16.0 Å². The zero-order chi connectivity index (χ0) is 30.2. The highest BCUT2D eigenvalue weighted by Crippen LogP contribution is 2.32. The Morgan fingerprint density at radius 2 is 1.12 bits per heavy atom. The van der Waals surface area contributed by atoms with E-state index in [-0.39, 0.29) is 24.8 Å². The smallest absolute Gasteiger partial charge is 0.211 e. The summed E-state index contributed by atoms with van der Waals surface area (Å²) in [6.45, 7) is 6.07. The number of carbonyl (C=O) groups is 1. The number of ketones is 1. The summed E-state index contributed by atoms with van der Waals surface area (Å²) in [5, 5.41) is 39.1. The number of carbonyl (C=O) groups excluding carboxylic acids is 1. The first-order chi connectivity index (χ1) is 20.5. The molecular weight excluding hydrogens is 528 g/mol. The van der Waals surface area contributed by atoms with Crippen LogP contribution in [-0.4, -0.2) is 53.1 Å². The molecule has 0 heterocycles. The van der Waals surface area contributed by atoms with E-state index >= 15 is 0 Å². The van der Waals surface area contributed by atoms with Gasteiger partial charge in [-0.2, -0.15) is 0 Å². The predicted molar refractivity (Wildman–Crippen MR) is 174 cm³/mol. The molecule has 228 valence electrons. The maximum Gasteiger partial charge on any atom is 0.211 e. The van der Waals surface area contributed by atoms with Crippen LogP contribution in [0.25, 0.3) is 0 Å². The number of hydrogen-bond acceptors (Lipinski definition) is 8. The van der Waals surface area contributed by atoms with Crippen LogP contribution in [0.15, 0.2) is 76.1 Å². The number of allylic oxidation sites excluding steroid dienone is 2. The van der Waals surface area contributed by atoms with Gasteiger partial charge in [-0.3, -0.25) is 4.79 Å². The number of aliphatic imine (C=N–C) groups is 1. The highest BCUT2D eigenvalue weighted by molar-refractivity contribution is 6.53. The highest BCUT2D eigenvalue weighted by atomic mass is 16.3. The number of nitrogens with zero attached hydrogens (tertiary/aromatic N) is 1. The summed E-state index contributed by atoms with van der Waals surface area (Å²) in [5.74, 6) is -0.247. The van der Waals surface area contributed by atoms with Crippen molar-refractivity contribution in [3.05, 3.63) is 71.1 Å². The fraction of sp³-hybridized carbons (Fsp3) is 0.471. The molecule has 0 saturated heterocycles. The Morgan fingerprint density at radius 1 is 0.643 bits per heavy atom. The molecule has 1 aliphatic rings. The summed E-state index contributed by atoms with van der Waals surface area (Å²) < 4.78 is 0. The van der Waals surface area contributed by atoms with Gasteiger partial charge in [0.05, 0.1) is 11.4 Å². The van der Waals surface area contributed by atoms with Crippen molar-refractivity contribution in [1.29, 1.82) is 0 Å². The minimum absolute atomic E-state index is 0.0121. The Kier molecular flexibility index (Phi) is 14.1. The lowest BCUT2D eigenvalue weighted by molar-refractivity contribution is -0.110. The third kappa shape index (κ3) is 9.74. The number of nitrogens with one attached hydrogen (secondary N) is 3. The molecule has 8 heteroatoms. The minimum Gasteiger partial charge on any atom is -0.505 e. The van der Waals surface area contributed by atoms with Crippen LogP contribution < -0.4 is 16.0 Å². The van der Waals surface area contributed by atoms with Crippen molar-refractivity contribution in [3.63, 3.8) is 0 Å². The average Bonchev–Trinajstić information content (AvgIpc) is 3.01. The summed E-state index contributed by atoms with van der Waals surface area (Å²) in [6, 6.07) is 15.6. The molecule has 8 nitrogen and oxygen atoms in total. The van der Waals surface area contributed by atoms with Gasteiger partial charge in [-0.25, -0.2) is 4.99 Å². The second kappa shape index (κ2) is 18.0. The van der Waals surface area contributed by atoms with Crippen molar-refractivity contribution in [2.75, 3.05) is 42.3 Å². The Bertz CT molecular complexity index is 1220. The van der Waals surface area contributed by atoms with Gasteiger partial charge in [0.2, 0.25) is 5.78 Å². The predicted octanol–water partition coefficient (Wildman–Crippen LogP) is 7.27. The first kappa shape index (κ1) is 32.9. The zero-order valence-electron chi connectivity index (χ0n) is 25.2. The van der Waals surface area contributed by atoms with Gasteiger partial charge in [-0.1, -0.05) is 39.5 Å². The van der Waals surface area contributed by atoms with Crippen molar-refractivity contribution in [2.45, 2.75) is 78.1 Å². The maximum atomic E-state index is 13.4. The van der Waals surface area contributed by atoms with Gasteiger partial charge in [0.15, 0.2) is 0 Å². The van der Waals surface area contributed by atoms with Crippen LogP contribution in [0.2, 0.25) is 0 Å². The molecule has 0 aromatic heterocycles. The van der Waals surface area contributed by atoms with E-state index in [1.165, 1.54) is 0 Å². The highest BCUT2D eigenvalue weighted by Gasteiger charge is 2.32. The Hall–Kier alpha value is -3.62. The van der Waals surface area contributed by atoms with Crippen LogP contribution in [0, 0.1) is 0 Å². The summed E-state index contributed by atoms with van der Waals surface area (Å²) in [5.41, 5.74) is 5.43. The molecule has 2 aromatic carbocycles. The van der Waals surface area contributed by atoms with E-state index in [4.69, 9.17) is 15.2 Å². The molecule has 0 radical (unpaired) electrons. The quantitative estimate of drug-likeness (QED) is 0.0767. The van der Waals surface area contributed by atoms with Crippen LogP contribution in [0.5, 0.6) is 0 Å². The molecule has 0 aliphatic heterocycles. The molecule has 3 rings (SSSR count). The number of benzene rings is 2. The summed E-state index contributed by atoms with van der Waals surface area (Å²) in [4.78, 5) is 18.2. The van der Waals surface area contributed by atoms with Crippen molar-refractivity contribution in [1.82, 2.24) is 0 Å². The van der Waals surface area contributed by atoms with E-state index in [9.17, 15) is 9.90 Å². The van der Waals surface area contributed by atoms with Gasteiger partial charge in [0.1, 0.15) is 11.5 Å².